The molecule has 0 radical (unpaired) electrons. The number of amides is 3. The lowest BCUT2D eigenvalue weighted by molar-refractivity contribution is -0.136. The van der Waals surface area contributed by atoms with E-state index in [0.717, 1.165) is 30.9 Å². The van der Waals surface area contributed by atoms with Crippen molar-refractivity contribution in [2.45, 2.75) is 32.0 Å². The van der Waals surface area contributed by atoms with E-state index >= 15 is 0 Å². The summed E-state index contributed by atoms with van der Waals surface area (Å²) in [4.78, 5) is 42.9. The van der Waals surface area contributed by atoms with E-state index in [-0.39, 0.29) is 31.2 Å². The van der Waals surface area contributed by atoms with Crippen LogP contribution in [0.3, 0.4) is 0 Å². The second-order valence-electron chi connectivity index (χ2n) is 9.02. The first kappa shape index (κ1) is 22.3. The van der Waals surface area contributed by atoms with Gasteiger partial charge in [-0.15, -0.1) is 0 Å². The van der Waals surface area contributed by atoms with Gasteiger partial charge >= 0.3 is 0 Å². The van der Waals surface area contributed by atoms with E-state index < -0.39 is 17.8 Å². The Morgan fingerprint density at radius 3 is 2.59 bits per heavy atom. The third-order valence-electron chi connectivity index (χ3n) is 6.99. The quantitative estimate of drug-likeness (QED) is 0.657. The number of anilines is 2. The summed E-state index contributed by atoms with van der Waals surface area (Å²) in [6.45, 7) is 4.12. The molecule has 0 aliphatic carbocycles. The van der Waals surface area contributed by atoms with E-state index in [1.165, 1.54) is 22.6 Å². The number of piperazine rings is 1. The lowest BCUT2D eigenvalue weighted by Crippen LogP contribution is -2.52. The summed E-state index contributed by atoms with van der Waals surface area (Å²) < 4.78 is 14.6. The molecule has 2 saturated heterocycles. The van der Waals surface area contributed by atoms with E-state index in [0.29, 0.717) is 24.3 Å². The third kappa shape index (κ3) is 4.11. The van der Waals surface area contributed by atoms with Crippen LogP contribution >= 0.6 is 0 Å². The normalized spacial score (nSPS) is 21.0. The molecule has 0 bridgehead atoms. The number of hydrogen-bond acceptors (Lipinski definition) is 6. The number of carbonyl (C=O) groups is 3. The van der Waals surface area contributed by atoms with Gasteiger partial charge in [0.2, 0.25) is 11.8 Å². The van der Waals surface area contributed by atoms with Gasteiger partial charge in [-0.25, -0.2) is 4.39 Å². The maximum Gasteiger partial charge on any atom is 0.255 e. The number of hydrogen-bond donors (Lipinski definition) is 2. The lowest BCUT2D eigenvalue weighted by atomic mass is 10.0. The van der Waals surface area contributed by atoms with Crippen molar-refractivity contribution in [1.29, 1.82) is 0 Å². The van der Waals surface area contributed by atoms with Gasteiger partial charge in [0.15, 0.2) is 0 Å². The molecule has 2 N–H and O–H groups in total. The Morgan fingerprint density at radius 2 is 1.85 bits per heavy atom. The second kappa shape index (κ2) is 9.06. The molecule has 2 aromatic carbocycles. The molecule has 34 heavy (non-hydrogen) atoms. The number of para-hydroxylation sites is 1. The Hall–Kier alpha value is -3.46. The Morgan fingerprint density at radius 1 is 1.09 bits per heavy atom. The molecule has 0 saturated carbocycles. The highest BCUT2D eigenvalue weighted by atomic mass is 19.1. The number of carbonyl (C=O) groups excluding carboxylic acids is 3. The minimum atomic E-state index is -0.711. The molecule has 5 rings (SSSR count). The van der Waals surface area contributed by atoms with Crippen LogP contribution in [0.4, 0.5) is 15.8 Å². The minimum Gasteiger partial charge on any atom is -0.388 e. The summed E-state index contributed by atoms with van der Waals surface area (Å²) in [7, 11) is 1.92. The Balaban J connectivity index is 1.31. The molecule has 3 aliphatic rings. The van der Waals surface area contributed by atoms with Crippen molar-refractivity contribution < 1.29 is 18.8 Å². The van der Waals surface area contributed by atoms with Crippen LogP contribution in [0.2, 0.25) is 0 Å². The van der Waals surface area contributed by atoms with Crippen LogP contribution in [0.25, 0.3) is 0 Å². The van der Waals surface area contributed by atoms with Crippen LogP contribution in [0.5, 0.6) is 0 Å². The van der Waals surface area contributed by atoms with Crippen molar-refractivity contribution in [1.82, 2.24) is 15.1 Å². The minimum absolute atomic E-state index is 0.191. The maximum atomic E-state index is 14.6. The zero-order chi connectivity index (χ0) is 23.8. The topological polar surface area (TPSA) is 85.0 Å². The fourth-order valence-corrected chi connectivity index (χ4v) is 5.18. The zero-order valence-electron chi connectivity index (χ0n) is 19.1. The summed E-state index contributed by atoms with van der Waals surface area (Å²) in [5.41, 5.74) is 4.12. The number of fused-ring (bicyclic) bond motifs is 1. The average molecular weight is 466 g/mol. The van der Waals surface area contributed by atoms with Crippen molar-refractivity contribution in [3.63, 3.8) is 0 Å². The summed E-state index contributed by atoms with van der Waals surface area (Å²) >= 11 is 0. The molecule has 2 fully saturated rings. The van der Waals surface area contributed by atoms with E-state index in [2.05, 4.69) is 32.6 Å². The summed E-state index contributed by atoms with van der Waals surface area (Å²) in [6, 6.07) is 10.3. The van der Waals surface area contributed by atoms with Crippen LogP contribution in [-0.2, 0) is 22.7 Å². The molecule has 8 nitrogen and oxygen atoms in total. The molecule has 0 spiro atoms. The van der Waals surface area contributed by atoms with Crippen LogP contribution in [-0.4, -0.2) is 66.8 Å². The van der Waals surface area contributed by atoms with Crippen molar-refractivity contribution >= 4 is 29.1 Å². The summed E-state index contributed by atoms with van der Waals surface area (Å²) in [6.07, 6.45) is 0.478. The number of nitrogens with zero attached hydrogens (tertiary/aromatic N) is 3. The Bertz CT molecular complexity index is 1150. The first-order chi connectivity index (χ1) is 16.4. The number of halogens is 1. The number of benzene rings is 2. The van der Waals surface area contributed by atoms with Crippen molar-refractivity contribution in [2.24, 2.45) is 0 Å². The molecule has 1 atom stereocenters. The first-order valence-electron chi connectivity index (χ1n) is 11.6. The van der Waals surface area contributed by atoms with Crippen molar-refractivity contribution in [2.75, 3.05) is 43.4 Å². The average Bonchev–Trinajstić information content (AvgIpc) is 3.15. The van der Waals surface area contributed by atoms with Gasteiger partial charge in [-0.2, -0.15) is 0 Å². The zero-order valence-corrected chi connectivity index (χ0v) is 19.1. The van der Waals surface area contributed by atoms with E-state index in [4.69, 9.17) is 0 Å². The molecule has 1 unspecified atom stereocenters. The predicted molar refractivity (Wildman–Crippen MR) is 126 cm³/mol. The van der Waals surface area contributed by atoms with Crippen LogP contribution < -0.4 is 15.5 Å². The van der Waals surface area contributed by atoms with Gasteiger partial charge in [0, 0.05) is 75.2 Å². The highest BCUT2D eigenvalue weighted by Gasteiger charge is 2.41. The number of piperidine rings is 1. The van der Waals surface area contributed by atoms with E-state index in [9.17, 15) is 18.8 Å². The van der Waals surface area contributed by atoms with Crippen LogP contribution in [0, 0.1) is 5.82 Å². The van der Waals surface area contributed by atoms with E-state index in [1.807, 2.05) is 19.2 Å². The van der Waals surface area contributed by atoms with Gasteiger partial charge in [0.05, 0.1) is 0 Å². The van der Waals surface area contributed by atoms with E-state index in [1.54, 1.807) is 0 Å². The molecular weight excluding hydrogens is 437 g/mol. The maximum absolute atomic E-state index is 14.6. The number of rotatable bonds is 5. The highest BCUT2D eigenvalue weighted by Crippen LogP contribution is 2.35. The SMILES string of the molecule is CNc1ccccc1CN1CCN(c2cc(F)cc3c2CN(C2CCC(=O)NC2=O)C3=O)CC1. The van der Waals surface area contributed by atoms with Crippen LogP contribution in [0.15, 0.2) is 36.4 Å². The highest BCUT2D eigenvalue weighted by molar-refractivity contribution is 6.06. The first-order valence-corrected chi connectivity index (χ1v) is 11.6. The second-order valence-corrected chi connectivity index (χ2v) is 9.02. The Labute approximate surface area is 197 Å². The number of nitrogens with one attached hydrogen (secondary N) is 2. The summed E-state index contributed by atoms with van der Waals surface area (Å²) in [5, 5.41) is 5.54. The Kier molecular flexibility index (Phi) is 5.95. The van der Waals surface area contributed by atoms with Gasteiger partial charge in [-0.05, 0) is 30.2 Å². The lowest BCUT2D eigenvalue weighted by Gasteiger charge is -2.37. The van der Waals surface area contributed by atoms with Gasteiger partial charge in [0.1, 0.15) is 11.9 Å². The molecule has 178 valence electrons. The molecule has 9 heteroatoms. The van der Waals surface area contributed by atoms with Crippen molar-refractivity contribution in [3.05, 3.63) is 58.9 Å². The molecule has 3 amide bonds. The van der Waals surface area contributed by atoms with Gasteiger partial charge in [-0.1, -0.05) is 18.2 Å². The molecular formula is C25H28FN5O3. The third-order valence-corrected chi connectivity index (χ3v) is 6.99. The van der Waals surface area contributed by atoms with Crippen LogP contribution in [0.1, 0.15) is 34.3 Å². The van der Waals surface area contributed by atoms with Gasteiger partial charge < -0.3 is 15.1 Å². The summed E-state index contributed by atoms with van der Waals surface area (Å²) in [5.74, 6) is -1.60. The largest absolute Gasteiger partial charge is 0.388 e. The van der Waals surface area contributed by atoms with Gasteiger partial charge in [0.25, 0.3) is 5.91 Å². The molecule has 3 aliphatic heterocycles. The fourth-order valence-electron chi connectivity index (χ4n) is 5.18. The number of imide groups is 1. The molecule has 3 heterocycles. The van der Waals surface area contributed by atoms with Gasteiger partial charge in [-0.3, -0.25) is 24.6 Å². The standard InChI is InChI=1S/C25H28FN5O3/c1-27-20-5-3-2-4-16(20)14-29-8-10-30(11-9-29)22-13-17(26)12-18-19(22)15-31(25(18)34)21-6-7-23(32)28-24(21)33/h2-5,12-13,21,27H,6-11,14-15H2,1H3,(H,28,32,33). The molecule has 2 aromatic rings. The molecule has 0 aromatic heterocycles. The predicted octanol–water partition coefficient (Wildman–Crippen LogP) is 1.95. The monoisotopic (exact) mass is 465 g/mol. The smallest absolute Gasteiger partial charge is 0.255 e. The fraction of sp³-hybridized carbons (Fsp3) is 0.400. The van der Waals surface area contributed by atoms with Crippen molar-refractivity contribution in [3.8, 4) is 0 Å².